The second-order valence-electron chi connectivity index (χ2n) is 4.89. The summed E-state index contributed by atoms with van der Waals surface area (Å²) in [5, 5.41) is 9.91. The zero-order chi connectivity index (χ0) is 13.0. The fourth-order valence-electron chi connectivity index (χ4n) is 2.36. The predicted molar refractivity (Wildman–Crippen MR) is 73.1 cm³/mol. The number of hydrogen-bond acceptors (Lipinski definition) is 3. The van der Waals surface area contributed by atoms with Crippen molar-refractivity contribution in [2.75, 3.05) is 32.8 Å². The monoisotopic (exact) mass is 269 g/mol. The first-order chi connectivity index (χ1) is 8.69. The van der Waals surface area contributed by atoms with E-state index in [2.05, 4.69) is 17.9 Å². The number of hydrogen-bond donors (Lipinski definition) is 1. The lowest BCUT2D eigenvalue weighted by atomic mass is 10.0. The Morgan fingerprint density at radius 3 is 3.11 bits per heavy atom. The third-order valence-electron chi connectivity index (χ3n) is 3.38. The van der Waals surface area contributed by atoms with Gasteiger partial charge >= 0.3 is 0 Å². The summed E-state index contributed by atoms with van der Waals surface area (Å²) in [6, 6.07) is 8.02. The van der Waals surface area contributed by atoms with Gasteiger partial charge in [0.25, 0.3) is 0 Å². The van der Waals surface area contributed by atoms with Crippen LogP contribution in [0.2, 0.25) is 5.02 Å². The van der Waals surface area contributed by atoms with Gasteiger partial charge in [0.2, 0.25) is 0 Å². The van der Waals surface area contributed by atoms with Crippen LogP contribution in [-0.4, -0.2) is 49.0 Å². The second-order valence-corrected chi connectivity index (χ2v) is 5.33. The molecule has 0 unspecified atom stereocenters. The highest BCUT2D eigenvalue weighted by Gasteiger charge is 2.21. The van der Waals surface area contributed by atoms with Crippen molar-refractivity contribution in [2.45, 2.75) is 18.9 Å². The van der Waals surface area contributed by atoms with E-state index in [-0.39, 0.29) is 12.7 Å². The number of ether oxygens (including phenoxy) is 1. The first-order valence-electron chi connectivity index (χ1n) is 6.39. The summed E-state index contributed by atoms with van der Waals surface area (Å²) in [7, 11) is 0. The summed E-state index contributed by atoms with van der Waals surface area (Å²) in [6.07, 6.45) is -0.0367. The maximum absolute atomic E-state index is 9.13. The van der Waals surface area contributed by atoms with E-state index in [1.54, 1.807) is 0 Å². The Balaban J connectivity index is 1.92. The molecule has 3 nitrogen and oxygen atoms in total. The molecule has 2 rings (SSSR count). The van der Waals surface area contributed by atoms with E-state index >= 15 is 0 Å². The molecule has 0 radical (unpaired) electrons. The molecule has 1 aliphatic heterocycles. The van der Waals surface area contributed by atoms with Crippen LogP contribution >= 0.6 is 11.6 Å². The van der Waals surface area contributed by atoms with Crippen LogP contribution in [0.1, 0.15) is 18.4 Å². The zero-order valence-electron chi connectivity index (χ0n) is 10.7. The highest BCUT2D eigenvalue weighted by atomic mass is 35.5. The summed E-state index contributed by atoms with van der Waals surface area (Å²) in [4.78, 5) is 2.34. The highest BCUT2D eigenvalue weighted by Crippen LogP contribution is 2.21. The van der Waals surface area contributed by atoms with Crippen LogP contribution in [-0.2, 0) is 4.74 Å². The van der Waals surface area contributed by atoms with E-state index in [1.165, 1.54) is 5.56 Å². The van der Waals surface area contributed by atoms with Crippen molar-refractivity contribution >= 4 is 11.6 Å². The molecule has 0 saturated carbocycles. The minimum atomic E-state index is -0.0367. The van der Waals surface area contributed by atoms with Gasteiger partial charge in [0.1, 0.15) is 0 Å². The van der Waals surface area contributed by atoms with E-state index in [0.29, 0.717) is 12.5 Å². The minimum Gasteiger partial charge on any atom is -0.394 e. The fraction of sp³-hybridized carbons (Fsp3) is 0.571. The number of aliphatic hydroxyl groups excluding tert-OH is 1. The summed E-state index contributed by atoms with van der Waals surface area (Å²) >= 11 is 6.01. The molecule has 100 valence electrons. The molecule has 0 aromatic heterocycles. The van der Waals surface area contributed by atoms with Crippen LogP contribution in [0, 0.1) is 0 Å². The number of halogens is 1. The van der Waals surface area contributed by atoms with Gasteiger partial charge in [-0.15, -0.1) is 0 Å². The van der Waals surface area contributed by atoms with Gasteiger partial charge in [-0.1, -0.05) is 30.7 Å². The van der Waals surface area contributed by atoms with Crippen LogP contribution in [0.5, 0.6) is 0 Å². The lowest BCUT2D eigenvalue weighted by Crippen LogP contribution is -2.45. The van der Waals surface area contributed by atoms with Crippen molar-refractivity contribution < 1.29 is 9.84 Å². The summed E-state index contributed by atoms with van der Waals surface area (Å²) in [5.41, 5.74) is 1.26. The lowest BCUT2D eigenvalue weighted by Gasteiger charge is -2.33. The van der Waals surface area contributed by atoms with Crippen molar-refractivity contribution in [3.63, 3.8) is 0 Å². The maximum atomic E-state index is 9.13. The number of benzene rings is 1. The van der Waals surface area contributed by atoms with Gasteiger partial charge in [-0.2, -0.15) is 0 Å². The third kappa shape index (κ3) is 3.69. The molecule has 4 heteroatoms. The molecule has 1 N–H and O–H groups in total. The van der Waals surface area contributed by atoms with Gasteiger partial charge in [-0.3, -0.25) is 4.90 Å². The molecule has 2 atom stereocenters. The van der Waals surface area contributed by atoms with Crippen molar-refractivity contribution in [2.24, 2.45) is 0 Å². The maximum Gasteiger partial charge on any atom is 0.0932 e. The normalized spacial score (nSPS) is 22.9. The topological polar surface area (TPSA) is 32.7 Å². The van der Waals surface area contributed by atoms with Crippen molar-refractivity contribution in [3.05, 3.63) is 34.9 Å². The highest BCUT2D eigenvalue weighted by molar-refractivity contribution is 6.30. The van der Waals surface area contributed by atoms with Gasteiger partial charge < -0.3 is 9.84 Å². The molecule has 1 fully saturated rings. The lowest BCUT2D eigenvalue weighted by molar-refractivity contribution is -0.0536. The Bertz CT molecular complexity index is 386. The van der Waals surface area contributed by atoms with E-state index in [0.717, 1.165) is 24.7 Å². The summed E-state index contributed by atoms with van der Waals surface area (Å²) < 4.78 is 5.45. The summed E-state index contributed by atoms with van der Waals surface area (Å²) in [6.45, 7) is 5.72. The molecule has 0 amide bonds. The van der Waals surface area contributed by atoms with Crippen molar-refractivity contribution in [1.29, 1.82) is 0 Å². The SMILES string of the molecule is C[C@@H](CN1CCO[C@@H](CO)C1)c1cccc(Cl)c1. The third-order valence-corrected chi connectivity index (χ3v) is 3.61. The Morgan fingerprint density at radius 1 is 1.56 bits per heavy atom. The molecule has 0 spiro atoms. The van der Waals surface area contributed by atoms with Crippen LogP contribution in [0.4, 0.5) is 0 Å². The molecular weight excluding hydrogens is 250 g/mol. The predicted octanol–water partition coefficient (Wildman–Crippen LogP) is 2.14. The van der Waals surface area contributed by atoms with Crippen LogP contribution in [0.25, 0.3) is 0 Å². The smallest absolute Gasteiger partial charge is 0.0932 e. The summed E-state index contributed by atoms with van der Waals surface area (Å²) in [5.74, 6) is 0.432. The molecule has 0 bridgehead atoms. The number of morpholine rings is 1. The largest absolute Gasteiger partial charge is 0.394 e. The standard InChI is InChI=1S/C14H20ClNO2/c1-11(12-3-2-4-13(15)7-12)8-16-5-6-18-14(9-16)10-17/h2-4,7,11,14,17H,5-6,8-10H2,1H3/t11-,14+/m0/s1. The van der Waals surface area contributed by atoms with Gasteiger partial charge in [0, 0.05) is 24.7 Å². The van der Waals surface area contributed by atoms with Crippen LogP contribution in [0.15, 0.2) is 24.3 Å². The molecule has 1 heterocycles. The quantitative estimate of drug-likeness (QED) is 0.909. The molecule has 1 aliphatic rings. The van der Waals surface area contributed by atoms with Gasteiger partial charge in [-0.25, -0.2) is 0 Å². The molecular formula is C14H20ClNO2. The first kappa shape index (κ1) is 13.8. The number of nitrogens with zero attached hydrogens (tertiary/aromatic N) is 1. The Labute approximate surface area is 113 Å². The Kier molecular flexibility index (Phi) is 5.01. The molecule has 1 saturated heterocycles. The van der Waals surface area contributed by atoms with Crippen LogP contribution < -0.4 is 0 Å². The average molecular weight is 270 g/mol. The van der Waals surface area contributed by atoms with Crippen molar-refractivity contribution in [3.8, 4) is 0 Å². The Morgan fingerprint density at radius 2 is 2.39 bits per heavy atom. The number of aliphatic hydroxyl groups is 1. The van der Waals surface area contributed by atoms with Gasteiger partial charge in [-0.05, 0) is 23.6 Å². The molecule has 18 heavy (non-hydrogen) atoms. The van der Waals surface area contributed by atoms with E-state index in [9.17, 15) is 0 Å². The van der Waals surface area contributed by atoms with E-state index in [4.69, 9.17) is 21.4 Å². The first-order valence-corrected chi connectivity index (χ1v) is 6.77. The number of rotatable bonds is 4. The van der Waals surface area contributed by atoms with Crippen LogP contribution in [0.3, 0.4) is 0 Å². The van der Waals surface area contributed by atoms with Crippen molar-refractivity contribution in [1.82, 2.24) is 4.90 Å². The Hall–Kier alpha value is -0.610. The fourth-order valence-corrected chi connectivity index (χ4v) is 2.56. The molecule has 1 aromatic carbocycles. The average Bonchev–Trinajstić information content (AvgIpc) is 2.39. The minimum absolute atomic E-state index is 0.0367. The van der Waals surface area contributed by atoms with E-state index < -0.39 is 0 Å². The molecule has 1 aromatic rings. The van der Waals surface area contributed by atoms with Gasteiger partial charge in [0.15, 0.2) is 0 Å². The van der Waals surface area contributed by atoms with E-state index in [1.807, 2.05) is 18.2 Å². The van der Waals surface area contributed by atoms with Gasteiger partial charge in [0.05, 0.1) is 19.3 Å². The second kappa shape index (κ2) is 6.53. The zero-order valence-corrected chi connectivity index (χ0v) is 11.4. The molecule has 0 aliphatic carbocycles.